The van der Waals surface area contributed by atoms with E-state index in [4.69, 9.17) is 11.6 Å². The van der Waals surface area contributed by atoms with Crippen molar-refractivity contribution in [1.29, 1.82) is 0 Å². The lowest BCUT2D eigenvalue weighted by Gasteiger charge is -1.94. The highest BCUT2D eigenvalue weighted by molar-refractivity contribution is 6.32. The molecule has 0 saturated heterocycles. The third-order valence-electron chi connectivity index (χ3n) is 1.15. The average molecular weight is 156 g/mol. The van der Waals surface area contributed by atoms with E-state index in [0.717, 1.165) is 5.69 Å². The van der Waals surface area contributed by atoms with Crippen LogP contribution in [-0.2, 0) is 0 Å². The minimum atomic E-state index is 0.437. The van der Waals surface area contributed by atoms with Crippen LogP contribution in [0.3, 0.4) is 0 Å². The van der Waals surface area contributed by atoms with Crippen LogP contribution in [0.2, 0.25) is 5.02 Å². The molecule has 3 heteroatoms. The summed E-state index contributed by atoms with van der Waals surface area (Å²) in [5, 5.41) is 0.461. The van der Waals surface area contributed by atoms with E-state index < -0.39 is 0 Å². The Labute approximate surface area is 63.8 Å². The number of halogens is 1. The maximum atomic E-state index is 10.2. The highest BCUT2D eigenvalue weighted by Gasteiger charge is 1.97. The van der Waals surface area contributed by atoms with Crippen LogP contribution in [0.1, 0.15) is 16.1 Å². The van der Waals surface area contributed by atoms with Gasteiger partial charge in [0.15, 0.2) is 6.29 Å². The Balaban J connectivity index is 3.19. The molecule has 0 amide bonds. The van der Waals surface area contributed by atoms with Gasteiger partial charge in [-0.2, -0.15) is 0 Å². The Morgan fingerprint density at radius 3 is 2.90 bits per heavy atom. The lowest BCUT2D eigenvalue weighted by Crippen LogP contribution is -1.86. The van der Waals surface area contributed by atoms with Gasteiger partial charge in [-0.1, -0.05) is 11.6 Å². The number of aldehydes is 1. The first-order valence-electron chi connectivity index (χ1n) is 2.81. The molecule has 0 aliphatic carbocycles. The first kappa shape index (κ1) is 7.22. The van der Waals surface area contributed by atoms with Crippen molar-refractivity contribution in [3.05, 3.63) is 28.5 Å². The van der Waals surface area contributed by atoms with Crippen LogP contribution in [0.25, 0.3) is 0 Å². The third kappa shape index (κ3) is 1.33. The second kappa shape index (κ2) is 2.80. The largest absolute Gasteiger partial charge is 0.298 e. The van der Waals surface area contributed by atoms with Crippen LogP contribution >= 0.6 is 11.6 Å². The smallest absolute Gasteiger partial charge is 0.153 e. The quantitative estimate of drug-likeness (QED) is 0.580. The van der Waals surface area contributed by atoms with E-state index in [0.29, 0.717) is 16.9 Å². The molecule has 2 nitrogen and oxygen atoms in total. The van der Waals surface area contributed by atoms with Gasteiger partial charge < -0.3 is 0 Å². The second-order valence-corrected chi connectivity index (χ2v) is 2.37. The third-order valence-corrected chi connectivity index (χ3v) is 1.47. The molecule has 0 aliphatic rings. The Hall–Kier alpha value is -0.890. The molecule has 1 heterocycles. The van der Waals surface area contributed by atoms with Crippen molar-refractivity contribution >= 4 is 17.9 Å². The molecule has 0 saturated carbocycles. The minimum Gasteiger partial charge on any atom is -0.298 e. The molecular formula is C7H6ClNO. The van der Waals surface area contributed by atoms with E-state index in [2.05, 4.69) is 4.98 Å². The van der Waals surface area contributed by atoms with Crippen LogP contribution in [0, 0.1) is 6.92 Å². The van der Waals surface area contributed by atoms with Crippen molar-refractivity contribution in [1.82, 2.24) is 4.98 Å². The van der Waals surface area contributed by atoms with E-state index in [1.165, 1.54) is 6.20 Å². The van der Waals surface area contributed by atoms with Gasteiger partial charge in [0.2, 0.25) is 0 Å². The summed E-state index contributed by atoms with van der Waals surface area (Å²) in [6.07, 6.45) is 2.15. The summed E-state index contributed by atoms with van der Waals surface area (Å²) >= 11 is 5.66. The number of aromatic nitrogens is 1. The molecule has 0 fully saturated rings. The molecular weight excluding hydrogens is 150 g/mol. The van der Waals surface area contributed by atoms with Crippen molar-refractivity contribution in [3.63, 3.8) is 0 Å². The van der Waals surface area contributed by atoms with Gasteiger partial charge in [0.1, 0.15) is 0 Å². The molecule has 0 aliphatic heterocycles. The fourth-order valence-electron chi connectivity index (χ4n) is 0.624. The highest BCUT2D eigenvalue weighted by Crippen LogP contribution is 2.12. The van der Waals surface area contributed by atoms with Gasteiger partial charge in [-0.3, -0.25) is 9.78 Å². The SMILES string of the molecule is Cc1cc(Cl)c(C=O)cn1. The highest BCUT2D eigenvalue weighted by atomic mass is 35.5. The van der Waals surface area contributed by atoms with Gasteiger partial charge in [-0.05, 0) is 13.0 Å². The summed E-state index contributed by atoms with van der Waals surface area (Å²) in [6.45, 7) is 1.82. The zero-order valence-electron chi connectivity index (χ0n) is 5.47. The van der Waals surface area contributed by atoms with Crippen molar-refractivity contribution in [2.75, 3.05) is 0 Å². The maximum absolute atomic E-state index is 10.2. The molecule has 0 spiro atoms. The Kier molecular flexibility index (Phi) is 2.02. The van der Waals surface area contributed by atoms with E-state index in [1.807, 2.05) is 6.92 Å². The number of pyridine rings is 1. The van der Waals surface area contributed by atoms with Gasteiger partial charge in [0.25, 0.3) is 0 Å². The molecule has 10 heavy (non-hydrogen) atoms. The van der Waals surface area contributed by atoms with Crippen LogP contribution in [0.4, 0.5) is 0 Å². The summed E-state index contributed by atoms with van der Waals surface area (Å²) in [5.41, 5.74) is 1.25. The normalized spacial score (nSPS) is 9.40. The number of carbonyl (C=O) groups excluding carboxylic acids is 1. The summed E-state index contributed by atoms with van der Waals surface area (Å²) in [7, 11) is 0. The zero-order valence-corrected chi connectivity index (χ0v) is 6.22. The lowest BCUT2D eigenvalue weighted by molar-refractivity contribution is 0.112. The van der Waals surface area contributed by atoms with Crippen LogP contribution in [0.15, 0.2) is 12.3 Å². The zero-order chi connectivity index (χ0) is 7.56. The van der Waals surface area contributed by atoms with Crippen LogP contribution in [0.5, 0.6) is 0 Å². The Morgan fingerprint density at radius 2 is 2.40 bits per heavy atom. The Morgan fingerprint density at radius 1 is 1.70 bits per heavy atom. The predicted octanol–water partition coefficient (Wildman–Crippen LogP) is 1.86. The standard InChI is InChI=1S/C7H6ClNO/c1-5-2-7(8)6(4-10)3-9-5/h2-4H,1H3. The predicted molar refractivity (Wildman–Crippen MR) is 39.4 cm³/mol. The van der Waals surface area contributed by atoms with Crippen molar-refractivity contribution in [2.45, 2.75) is 6.92 Å². The van der Waals surface area contributed by atoms with Gasteiger partial charge in [-0.15, -0.1) is 0 Å². The van der Waals surface area contributed by atoms with Crippen molar-refractivity contribution in [3.8, 4) is 0 Å². The molecule has 0 radical (unpaired) electrons. The van der Waals surface area contributed by atoms with E-state index in [-0.39, 0.29) is 0 Å². The fraction of sp³-hybridized carbons (Fsp3) is 0.143. The summed E-state index contributed by atoms with van der Waals surface area (Å²) in [4.78, 5) is 14.1. The van der Waals surface area contributed by atoms with Crippen LogP contribution in [-0.4, -0.2) is 11.3 Å². The molecule has 0 atom stereocenters. The van der Waals surface area contributed by atoms with E-state index in [9.17, 15) is 4.79 Å². The Bertz CT molecular complexity index is 260. The van der Waals surface area contributed by atoms with E-state index >= 15 is 0 Å². The maximum Gasteiger partial charge on any atom is 0.153 e. The fourth-order valence-corrected chi connectivity index (χ4v) is 0.875. The minimum absolute atomic E-state index is 0.437. The monoisotopic (exact) mass is 155 g/mol. The number of aryl methyl sites for hydroxylation is 1. The first-order valence-corrected chi connectivity index (χ1v) is 3.19. The number of hydrogen-bond acceptors (Lipinski definition) is 2. The summed E-state index contributed by atoms with van der Waals surface area (Å²) in [5.74, 6) is 0. The molecule has 1 rings (SSSR count). The van der Waals surface area contributed by atoms with Gasteiger partial charge in [0, 0.05) is 11.9 Å². The van der Waals surface area contributed by atoms with Crippen molar-refractivity contribution in [2.24, 2.45) is 0 Å². The number of rotatable bonds is 1. The summed E-state index contributed by atoms with van der Waals surface area (Å²) < 4.78 is 0. The van der Waals surface area contributed by atoms with E-state index in [1.54, 1.807) is 6.07 Å². The van der Waals surface area contributed by atoms with Gasteiger partial charge in [0.05, 0.1) is 10.6 Å². The molecule has 0 unspecified atom stereocenters. The summed E-state index contributed by atoms with van der Waals surface area (Å²) in [6, 6.07) is 1.66. The average Bonchev–Trinajstić information content (AvgIpc) is 1.88. The number of nitrogens with zero attached hydrogens (tertiary/aromatic N) is 1. The number of hydrogen-bond donors (Lipinski definition) is 0. The molecule has 0 bridgehead atoms. The van der Waals surface area contributed by atoms with Crippen LogP contribution < -0.4 is 0 Å². The molecule has 52 valence electrons. The van der Waals surface area contributed by atoms with Gasteiger partial charge in [-0.25, -0.2) is 0 Å². The first-order chi connectivity index (χ1) is 4.74. The molecule has 0 N–H and O–H groups in total. The lowest BCUT2D eigenvalue weighted by atomic mass is 10.3. The topological polar surface area (TPSA) is 30.0 Å². The molecule has 1 aromatic heterocycles. The number of carbonyl (C=O) groups is 1. The van der Waals surface area contributed by atoms with Gasteiger partial charge >= 0.3 is 0 Å². The van der Waals surface area contributed by atoms with Crippen molar-refractivity contribution < 1.29 is 4.79 Å². The second-order valence-electron chi connectivity index (χ2n) is 1.97. The molecule has 1 aromatic rings. The molecule has 0 aromatic carbocycles.